The maximum absolute atomic E-state index is 13.1. The molecule has 0 saturated carbocycles. The van der Waals surface area contributed by atoms with Crippen molar-refractivity contribution in [1.82, 2.24) is 0 Å². The zero-order valence-corrected chi connectivity index (χ0v) is 13.8. The molecule has 0 atom stereocenters. The van der Waals surface area contributed by atoms with Crippen molar-refractivity contribution in [2.24, 2.45) is 0 Å². The summed E-state index contributed by atoms with van der Waals surface area (Å²) in [5.41, 5.74) is -1.15. The molecule has 0 fully saturated rings. The zero-order valence-electron chi connectivity index (χ0n) is 13.1. The smallest absolute Gasteiger partial charge is 0.416 e. The van der Waals surface area contributed by atoms with Gasteiger partial charge in [-0.2, -0.15) is 13.2 Å². The molecule has 1 amide bonds. The SMILES string of the molecule is CCCOc1ccc(C(F)(F)F)cc1NC(=O)c1ccc(F)cc1Cl. The van der Waals surface area contributed by atoms with Gasteiger partial charge in [-0.1, -0.05) is 18.5 Å². The summed E-state index contributed by atoms with van der Waals surface area (Å²) >= 11 is 5.81. The van der Waals surface area contributed by atoms with Crippen LogP contribution < -0.4 is 10.1 Å². The Kier molecular flexibility index (Phi) is 5.89. The van der Waals surface area contributed by atoms with Crippen LogP contribution in [0.25, 0.3) is 0 Å². The molecule has 8 heteroatoms. The van der Waals surface area contributed by atoms with Crippen LogP contribution in [-0.4, -0.2) is 12.5 Å². The van der Waals surface area contributed by atoms with Crippen molar-refractivity contribution >= 4 is 23.2 Å². The van der Waals surface area contributed by atoms with Gasteiger partial charge in [-0.25, -0.2) is 4.39 Å². The molecule has 1 N–H and O–H groups in total. The van der Waals surface area contributed by atoms with Crippen LogP contribution >= 0.6 is 11.6 Å². The number of alkyl halides is 3. The second-order valence-electron chi connectivity index (χ2n) is 5.14. The van der Waals surface area contributed by atoms with Gasteiger partial charge in [0.15, 0.2) is 0 Å². The lowest BCUT2D eigenvalue weighted by Crippen LogP contribution is -2.15. The lowest BCUT2D eigenvalue weighted by molar-refractivity contribution is -0.137. The highest BCUT2D eigenvalue weighted by atomic mass is 35.5. The van der Waals surface area contributed by atoms with E-state index in [-0.39, 0.29) is 28.6 Å². The van der Waals surface area contributed by atoms with Crippen LogP contribution in [0.4, 0.5) is 23.2 Å². The molecule has 0 aromatic heterocycles. The van der Waals surface area contributed by atoms with Gasteiger partial charge in [0.2, 0.25) is 0 Å². The van der Waals surface area contributed by atoms with Gasteiger partial charge in [0.25, 0.3) is 5.91 Å². The number of hydrogen-bond donors (Lipinski definition) is 1. The number of carbonyl (C=O) groups excluding carboxylic acids is 1. The van der Waals surface area contributed by atoms with Crippen LogP contribution in [0.15, 0.2) is 36.4 Å². The molecule has 0 aliphatic heterocycles. The minimum absolute atomic E-state index is 0.0677. The number of amides is 1. The predicted molar refractivity (Wildman–Crippen MR) is 86.6 cm³/mol. The maximum atomic E-state index is 13.1. The molecule has 2 aromatic carbocycles. The van der Waals surface area contributed by atoms with Crippen LogP contribution in [0.5, 0.6) is 5.75 Å². The Morgan fingerprint density at radius 1 is 1.20 bits per heavy atom. The number of rotatable bonds is 5. The lowest BCUT2D eigenvalue weighted by Gasteiger charge is -2.15. The average molecular weight is 376 g/mol. The third-order valence-corrected chi connectivity index (χ3v) is 3.51. The summed E-state index contributed by atoms with van der Waals surface area (Å²) in [6.07, 6.45) is -3.94. The first-order valence-electron chi connectivity index (χ1n) is 7.33. The Morgan fingerprint density at radius 2 is 1.92 bits per heavy atom. The van der Waals surface area contributed by atoms with Gasteiger partial charge in [0, 0.05) is 0 Å². The quantitative estimate of drug-likeness (QED) is 0.697. The number of carbonyl (C=O) groups is 1. The minimum Gasteiger partial charge on any atom is -0.491 e. The largest absolute Gasteiger partial charge is 0.491 e. The first kappa shape index (κ1) is 19.1. The number of anilines is 1. The van der Waals surface area contributed by atoms with Crippen molar-refractivity contribution in [3.05, 3.63) is 58.4 Å². The summed E-state index contributed by atoms with van der Waals surface area (Å²) in [4.78, 5) is 12.3. The molecule has 0 heterocycles. The van der Waals surface area contributed by atoms with Crippen molar-refractivity contribution in [3.8, 4) is 5.75 Å². The summed E-state index contributed by atoms with van der Waals surface area (Å²) in [5, 5.41) is 2.19. The van der Waals surface area contributed by atoms with E-state index < -0.39 is 23.5 Å². The zero-order chi connectivity index (χ0) is 18.6. The molecular weight excluding hydrogens is 362 g/mol. The van der Waals surface area contributed by atoms with Gasteiger partial charge in [0.1, 0.15) is 11.6 Å². The highest BCUT2D eigenvalue weighted by molar-refractivity contribution is 6.34. The van der Waals surface area contributed by atoms with E-state index in [1.807, 2.05) is 6.92 Å². The molecule has 3 nitrogen and oxygen atoms in total. The number of ether oxygens (including phenoxy) is 1. The molecule has 0 aliphatic rings. The first-order chi connectivity index (χ1) is 11.7. The summed E-state index contributed by atoms with van der Waals surface area (Å²) in [7, 11) is 0. The summed E-state index contributed by atoms with van der Waals surface area (Å²) < 4.78 is 57.1. The molecular formula is C17H14ClF4NO2. The fourth-order valence-corrected chi connectivity index (χ4v) is 2.26. The second-order valence-corrected chi connectivity index (χ2v) is 5.54. The molecule has 2 aromatic rings. The topological polar surface area (TPSA) is 38.3 Å². The molecule has 0 bridgehead atoms. The van der Waals surface area contributed by atoms with E-state index >= 15 is 0 Å². The van der Waals surface area contributed by atoms with Gasteiger partial charge >= 0.3 is 6.18 Å². The van der Waals surface area contributed by atoms with Crippen LogP contribution in [0, 0.1) is 5.82 Å². The van der Waals surface area contributed by atoms with E-state index in [9.17, 15) is 22.4 Å². The number of halogens is 5. The van der Waals surface area contributed by atoms with Gasteiger partial charge in [-0.05, 0) is 42.8 Å². The second kappa shape index (κ2) is 7.74. The molecule has 0 saturated heterocycles. The van der Waals surface area contributed by atoms with E-state index in [1.165, 1.54) is 0 Å². The van der Waals surface area contributed by atoms with Crippen molar-refractivity contribution in [3.63, 3.8) is 0 Å². The highest BCUT2D eigenvalue weighted by Crippen LogP contribution is 2.35. The first-order valence-corrected chi connectivity index (χ1v) is 7.70. The molecule has 0 radical (unpaired) electrons. The Balaban J connectivity index is 2.36. The summed E-state index contributed by atoms with van der Waals surface area (Å²) in [6.45, 7) is 2.10. The van der Waals surface area contributed by atoms with Crippen LogP contribution in [0.3, 0.4) is 0 Å². The fraction of sp³-hybridized carbons (Fsp3) is 0.235. The van der Waals surface area contributed by atoms with Gasteiger partial charge < -0.3 is 10.1 Å². The van der Waals surface area contributed by atoms with E-state index in [1.54, 1.807) is 0 Å². The minimum atomic E-state index is -4.57. The maximum Gasteiger partial charge on any atom is 0.416 e. The molecule has 134 valence electrons. The Morgan fingerprint density at radius 3 is 2.52 bits per heavy atom. The van der Waals surface area contributed by atoms with Gasteiger partial charge in [0.05, 0.1) is 28.4 Å². The van der Waals surface area contributed by atoms with Crippen LogP contribution in [0.1, 0.15) is 29.3 Å². The predicted octanol–water partition coefficient (Wildman–Crippen LogP) is 5.54. The summed E-state index contributed by atoms with van der Waals surface area (Å²) in [5.74, 6) is -1.31. The van der Waals surface area contributed by atoms with E-state index in [2.05, 4.69) is 5.32 Å². The van der Waals surface area contributed by atoms with E-state index in [0.717, 1.165) is 36.4 Å². The molecule has 2 rings (SSSR count). The fourth-order valence-electron chi connectivity index (χ4n) is 2.01. The summed E-state index contributed by atoms with van der Waals surface area (Å²) in [6, 6.07) is 5.90. The number of nitrogens with one attached hydrogen (secondary N) is 1. The van der Waals surface area contributed by atoms with Gasteiger partial charge in [-0.3, -0.25) is 4.79 Å². The highest BCUT2D eigenvalue weighted by Gasteiger charge is 2.31. The van der Waals surface area contributed by atoms with Crippen molar-refractivity contribution < 1.29 is 27.1 Å². The molecule has 25 heavy (non-hydrogen) atoms. The monoisotopic (exact) mass is 375 g/mol. The standard InChI is InChI=1S/C17H14ClF4NO2/c1-2-7-25-15-6-3-10(17(20,21)22)8-14(15)23-16(24)12-5-4-11(19)9-13(12)18/h3-6,8-9H,2,7H2,1H3,(H,23,24). The normalized spacial score (nSPS) is 11.3. The molecule has 0 aliphatic carbocycles. The Hall–Kier alpha value is -2.28. The van der Waals surface area contributed by atoms with E-state index in [0.29, 0.717) is 6.42 Å². The van der Waals surface area contributed by atoms with Crippen molar-refractivity contribution in [2.45, 2.75) is 19.5 Å². The molecule has 0 spiro atoms. The van der Waals surface area contributed by atoms with Crippen molar-refractivity contribution in [2.75, 3.05) is 11.9 Å². The average Bonchev–Trinajstić information content (AvgIpc) is 2.52. The lowest BCUT2D eigenvalue weighted by atomic mass is 10.1. The van der Waals surface area contributed by atoms with Crippen LogP contribution in [0.2, 0.25) is 5.02 Å². The number of benzene rings is 2. The Labute approximate surface area is 146 Å². The number of hydrogen-bond acceptors (Lipinski definition) is 2. The van der Waals surface area contributed by atoms with E-state index in [4.69, 9.17) is 16.3 Å². The third-order valence-electron chi connectivity index (χ3n) is 3.19. The van der Waals surface area contributed by atoms with Gasteiger partial charge in [-0.15, -0.1) is 0 Å². The van der Waals surface area contributed by atoms with Crippen molar-refractivity contribution in [1.29, 1.82) is 0 Å². The molecule has 0 unspecified atom stereocenters. The third kappa shape index (κ3) is 4.85. The Bertz CT molecular complexity index is 778. The van der Waals surface area contributed by atoms with Crippen LogP contribution in [-0.2, 0) is 6.18 Å².